The molecule has 2 N–H and O–H groups in total. The van der Waals surface area contributed by atoms with E-state index in [9.17, 15) is 17.8 Å². The van der Waals surface area contributed by atoms with E-state index in [2.05, 4.69) is 15.5 Å². The fourth-order valence-corrected chi connectivity index (χ4v) is 4.26. The second-order valence-corrected chi connectivity index (χ2v) is 10.3. The maximum absolute atomic E-state index is 13.5. The molecule has 2 heterocycles. The number of nitrogens with zero attached hydrogens (tertiary/aromatic N) is 3. The molecule has 34 heavy (non-hydrogen) atoms. The minimum Gasteiger partial charge on any atom is -0.437 e. The molecule has 1 unspecified atom stereocenters. The van der Waals surface area contributed by atoms with Gasteiger partial charge >= 0.3 is 0 Å². The summed E-state index contributed by atoms with van der Waals surface area (Å²) in [5.74, 6) is -0.446. The molecule has 0 aliphatic carbocycles. The number of nitrogens with one attached hydrogen (secondary N) is 2. The predicted molar refractivity (Wildman–Crippen MR) is 125 cm³/mol. The SMILES string of the molecule is Cc1cc(F)ccc1Oc1nnc(N2CC(F)C2)c(C)c1C(=O)Nc1cccc(S(C)(=N)=O)c1. The summed E-state index contributed by atoms with van der Waals surface area (Å²) in [5.41, 5.74) is 1.34. The summed E-state index contributed by atoms with van der Waals surface area (Å²) in [6, 6.07) is 10.2. The van der Waals surface area contributed by atoms with Gasteiger partial charge in [-0.2, -0.15) is 0 Å². The molecule has 0 spiro atoms. The lowest BCUT2D eigenvalue weighted by atomic mass is 10.1. The van der Waals surface area contributed by atoms with Crippen LogP contribution >= 0.6 is 0 Å². The Morgan fingerprint density at radius 1 is 1.21 bits per heavy atom. The average molecular weight is 488 g/mol. The Labute approximate surface area is 195 Å². The zero-order chi connectivity index (χ0) is 24.6. The van der Waals surface area contributed by atoms with E-state index in [4.69, 9.17) is 9.52 Å². The molecule has 0 radical (unpaired) electrons. The van der Waals surface area contributed by atoms with Gasteiger partial charge in [0.05, 0.1) is 22.8 Å². The van der Waals surface area contributed by atoms with Gasteiger partial charge in [0.25, 0.3) is 11.8 Å². The van der Waals surface area contributed by atoms with Crippen molar-refractivity contribution in [2.24, 2.45) is 0 Å². The molecule has 1 fully saturated rings. The van der Waals surface area contributed by atoms with Crippen molar-refractivity contribution in [3.63, 3.8) is 0 Å². The topological polar surface area (TPSA) is 108 Å². The van der Waals surface area contributed by atoms with E-state index in [1.54, 1.807) is 36.9 Å². The van der Waals surface area contributed by atoms with Crippen molar-refractivity contribution < 1.29 is 22.5 Å². The number of carbonyl (C=O) groups excluding carboxylic acids is 1. The summed E-state index contributed by atoms with van der Waals surface area (Å²) in [5, 5.41) is 10.9. The molecule has 1 saturated heterocycles. The minimum atomic E-state index is -2.98. The molecule has 1 aliphatic heterocycles. The van der Waals surface area contributed by atoms with Crippen molar-refractivity contribution in [1.29, 1.82) is 4.78 Å². The van der Waals surface area contributed by atoms with Gasteiger partial charge in [-0.1, -0.05) is 6.07 Å². The van der Waals surface area contributed by atoms with Crippen LogP contribution in [-0.4, -0.2) is 45.8 Å². The van der Waals surface area contributed by atoms with Crippen LogP contribution in [0.3, 0.4) is 0 Å². The molecule has 11 heteroatoms. The fraction of sp³-hybridized carbons (Fsp3) is 0.261. The normalized spacial score (nSPS) is 15.4. The molecule has 1 aliphatic rings. The average Bonchev–Trinajstić information content (AvgIpc) is 2.73. The van der Waals surface area contributed by atoms with Gasteiger partial charge in [0.1, 0.15) is 23.3 Å². The van der Waals surface area contributed by atoms with Crippen molar-refractivity contribution in [2.45, 2.75) is 24.9 Å². The second kappa shape index (κ2) is 8.98. The predicted octanol–water partition coefficient (Wildman–Crippen LogP) is 4.47. The number of hydrogen-bond acceptors (Lipinski definition) is 7. The van der Waals surface area contributed by atoms with E-state index in [1.807, 2.05) is 0 Å². The van der Waals surface area contributed by atoms with Crippen LogP contribution in [0.2, 0.25) is 0 Å². The lowest BCUT2D eigenvalue weighted by Gasteiger charge is -2.36. The first kappa shape index (κ1) is 23.6. The van der Waals surface area contributed by atoms with E-state index >= 15 is 0 Å². The first-order valence-corrected chi connectivity index (χ1v) is 12.3. The van der Waals surface area contributed by atoms with E-state index in [0.717, 1.165) is 0 Å². The zero-order valence-corrected chi connectivity index (χ0v) is 19.6. The molecule has 1 amide bonds. The van der Waals surface area contributed by atoms with Crippen molar-refractivity contribution in [2.75, 3.05) is 29.6 Å². The first-order valence-electron chi connectivity index (χ1n) is 10.4. The number of rotatable bonds is 6. The number of amides is 1. The molecular weight excluding hydrogens is 464 g/mol. The Balaban J connectivity index is 1.73. The number of aromatic nitrogens is 2. The number of halogens is 2. The van der Waals surface area contributed by atoms with Gasteiger partial charge < -0.3 is 15.0 Å². The van der Waals surface area contributed by atoms with Crippen LogP contribution in [0.5, 0.6) is 11.6 Å². The van der Waals surface area contributed by atoms with Gasteiger partial charge in [-0.25, -0.2) is 17.8 Å². The van der Waals surface area contributed by atoms with Crippen LogP contribution in [0, 0.1) is 24.4 Å². The molecule has 3 aromatic rings. The maximum Gasteiger partial charge on any atom is 0.261 e. The lowest BCUT2D eigenvalue weighted by molar-refractivity contribution is 0.102. The summed E-state index contributed by atoms with van der Waals surface area (Å²) in [7, 11) is -2.98. The summed E-state index contributed by atoms with van der Waals surface area (Å²) in [4.78, 5) is 15.3. The largest absolute Gasteiger partial charge is 0.437 e. The smallest absolute Gasteiger partial charge is 0.261 e. The van der Waals surface area contributed by atoms with Crippen LogP contribution in [-0.2, 0) is 9.73 Å². The summed E-state index contributed by atoms with van der Waals surface area (Å²) in [6.07, 6.45) is 0.312. The number of alkyl halides is 1. The fourth-order valence-electron chi connectivity index (χ4n) is 3.57. The third kappa shape index (κ3) is 4.84. The highest BCUT2D eigenvalue weighted by atomic mass is 32.2. The zero-order valence-electron chi connectivity index (χ0n) is 18.8. The Bertz CT molecular complexity index is 1380. The van der Waals surface area contributed by atoms with Gasteiger partial charge in [0.2, 0.25) is 0 Å². The van der Waals surface area contributed by atoms with Crippen molar-refractivity contribution in [3.05, 3.63) is 65.0 Å². The molecule has 1 aromatic heterocycles. The van der Waals surface area contributed by atoms with E-state index < -0.39 is 27.6 Å². The Morgan fingerprint density at radius 3 is 2.59 bits per heavy atom. The maximum atomic E-state index is 13.5. The van der Waals surface area contributed by atoms with Crippen molar-refractivity contribution in [1.82, 2.24) is 10.2 Å². The van der Waals surface area contributed by atoms with Gasteiger partial charge in [-0.15, -0.1) is 10.2 Å². The van der Waals surface area contributed by atoms with Crippen LogP contribution in [0.4, 0.5) is 20.3 Å². The molecule has 1 atom stereocenters. The van der Waals surface area contributed by atoms with E-state index in [-0.39, 0.29) is 29.4 Å². The van der Waals surface area contributed by atoms with E-state index in [1.165, 1.54) is 30.5 Å². The van der Waals surface area contributed by atoms with Crippen LogP contribution in [0.25, 0.3) is 0 Å². The summed E-state index contributed by atoms with van der Waals surface area (Å²) in [6.45, 7) is 3.60. The second-order valence-electron chi connectivity index (χ2n) is 8.17. The van der Waals surface area contributed by atoms with Gasteiger partial charge in [-0.05, 0) is 55.8 Å². The number of aryl methyl sites for hydroxylation is 1. The quantitative estimate of drug-likeness (QED) is 0.531. The number of anilines is 2. The van der Waals surface area contributed by atoms with Gasteiger partial charge in [-0.3, -0.25) is 4.79 Å². The molecular formula is C23H23F2N5O3S. The standard InChI is InChI=1S/C23H23F2N5O3S/c1-13-9-15(24)7-8-19(13)33-23-20(14(2)21(28-29-23)30-11-16(25)12-30)22(31)27-17-5-4-6-18(10-17)34(3,26)32/h4-10,16,26H,11-12H2,1-3H3,(H,27,31). The molecule has 4 rings (SSSR count). The van der Waals surface area contributed by atoms with Gasteiger partial charge in [0, 0.05) is 22.4 Å². The Kier molecular flexibility index (Phi) is 6.22. The number of hydrogen-bond donors (Lipinski definition) is 2. The lowest BCUT2D eigenvalue weighted by Crippen LogP contribution is -2.49. The van der Waals surface area contributed by atoms with Crippen molar-refractivity contribution >= 4 is 27.1 Å². The number of benzene rings is 2. The third-order valence-corrected chi connectivity index (χ3v) is 6.56. The highest BCUT2D eigenvalue weighted by Crippen LogP contribution is 2.33. The first-order chi connectivity index (χ1) is 16.0. The van der Waals surface area contributed by atoms with Crippen LogP contribution < -0.4 is 15.0 Å². The number of ether oxygens (including phenoxy) is 1. The Hall–Kier alpha value is -3.60. The molecule has 8 nitrogen and oxygen atoms in total. The van der Waals surface area contributed by atoms with Gasteiger partial charge in [0.15, 0.2) is 5.82 Å². The van der Waals surface area contributed by atoms with Crippen LogP contribution in [0.15, 0.2) is 47.4 Å². The monoisotopic (exact) mass is 487 g/mol. The summed E-state index contributed by atoms with van der Waals surface area (Å²) < 4.78 is 52.7. The molecule has 2 aromatic carbocycles. The van der Waals surface area contributed by atoms with Crippen molar-refractivity contribution in [3.8, 4) is 11.6 Å². The minimum absolute atomic E-state index is 0.0736. The third-order valence-electron chi connectivity index (χ3n) is 5.41. The molecule has 178 valence electrons. The van der Waals surface area contributed by atoms with E-state index in [0.29, 0.717) is 28.4 Å². The van der Waals surface area contributed by atoms with Crippen LogP contribution in [0.1, 0.15) is 21.5 Å². The highest BCUT2D eigenvalue weighted by Gasteiger charge is 2.32. The molecule has 0 bridgehead atoms. The summed E-state index contributed by atoms with van der Waals surface area (Å²) >= 11 is 0. The Morgan fingerprint density at radius 2 is 1.94 bits per heavy atom. The number of carbonyl (C=O) groups is 1. The highest BCUT2D eigenvalue weighted by molar-refractivity contribution is 7.91. The molecule has 0 saturated carbocycles.